The molecule has 5 rings (SSSR count). The van der Waals surface area contributed by atoms with Crippen LogP contribution in [0.2, 0.25) is 0 Å². The number of allylic oxidation sites excluding steroid dienone is 2. The molecule has 1 fully saturated rings. The van der Waals surface area contributed by atoms with Gasteiger partial charge in [0.1, 0.15) is 5.75 Å². The first-order valence-electron chi connectivity index (χ1n) is 11.7. The van der Waals surface area contributed by atoms with Crippen LogP contribution < -0.4 is 15.4 Å². The largest absolute Gasteiger partial charge is 0.436 e. The molecule has 2 aliphatic carbocycles. The Bertz CT molecular complexity index is 1330. The maximum Gasteiger partial charge on any atom is 0.390 e. The molecule has 8 nitrogen and oxygen atoms in total. The number of rotatable bonds is 8. The molecule has 1 atom stereocenters. The van der Waals surface area contributed by atoms with E-state index in [1.165, 1.54) is 12.3 Å². The van der Waals surface area contributed by atoms with Crippen molar-refractivity contribution in [2.24, 2.45) is 0 Å². The number of anilines is 1. The third-order valence-electron chi connectivity index (χ3n) is 6.04. The molecule has 0 radical (unpaired) electrons. The van der Waals surface area contributed by atoms with Crippen molar-refractivity contribution in [2.45, 2.75) is 50.7 Å². The van der Waals surface area contributed by atoms with Crippen molar-refractivity contribution in [3.8, 4) is 11.6 Å². The zero-order valence-corrected chi connectivity index (χ0v) is 19.5. The van der Waals surface area contributed by atoms with Crippen molar-refractivity contribution < 1.29 is 22.7 Å². The van der Waals surface area contributed by atoms with Crippen LogP contribution in [-0.2, 0) is 4.79 Å². The van der Waals surface area contributed by atoms with E-state index in [4.69, 9.17) is 4.74 Å². The summed E-state index contributed by atoms with van der Waals surface area (Å²) in [6, 6.07) is 5.21. The van der Waals surface area contributed by atoms with Crippen LogP contribution in [-0.4, -0.2) is 44.3 Å². The first kappa shape index (κ1) is 23.8. The molecule has 2 aliphatic rings. The number of carbonyl (C=O) groups excluding carboxylic acids is 1. The Morgan fingerprint density at radius 2 is 2.11 bits per heavy atom. The lowest BCUT2D eigenvalue weighted by molar-refractivity contribution is -0.131. The number of imidazole rings is 1. The molecule has 3 heterocycles. The number of hydrogen-bond donors (Lipinski definition) is 2. The minimum absolute atomic E-state index is 0.0655. The van der Waals surface area contributed by atoms with Gasteiger partial charge in [0.15, 0.2) is 5.65 Å². The molecule has 0 aromatic carbocycles. The predicted molar refractivity (Wildman–Crippen MR) is 127 cm³/mol. The fourth-order valence-corrected chi connectivity index (χ4v) is 4.10. The van der Waals surface area contributed by atoms with Crippen molar-refractivity contribution in [1.29, 1.82) is 0 Å². The molecule has 3 aromatic heterocycles. The van der Waals surface area contributed by atoms with Gasteiger partial charge in [0, 0.05) is 36.3 Å². The normalized spacial score (nSPS) is 17.9. The van der Waals surface area contributed by atoms with Gasteiger partial charge in [0.05, 0.1) is 30.2 Å². The monoisotopic (exact) mass is 498 g/mol. The molecule has 1 amide bonds. The van der Waals surface area contributed by atoms with E-state index >= 15 is 0 Å². The average Bonchev–Trinajstić information content (AvgIpc) is 3.54. The standard InChI is InChI=1S/C25H25F3N6O2/c1-15-11-16(4-7-19(15)24(35)32-17-5-6-17)21-14-31-23-20(30-10-8-25(26,27)28)12-22(33-34(21)23)36-18-3-2-9-29-13-18/h2-3,7,9,11-14,16-17,30H,4-6,8,10H2,1H3,(H,32,35). The second-order valence-electron chi connectivity index (χ2n) is 8.95. The van der Waals surface area contributed by atoms with Gasteiger partial charge < -0.3 is 15.4 Å². The second-order valence-corrected chi connectivity index (χ2v) is 8.95. The van der Waals surface area contributed by atoms with Crippen LogP contribution in [0.15, 0.2) is 60.1 Å². The molecule has 11 heteroatoms. The van der Waals surface area contributed by atoms with Gasteiger partial charge in [0.2, 0.25) is 5.88 Å². The number of nitrogens with zero attached hydrogens (tertiary/aromatic N) is 4. The van der Waals surface area contributed by atoms with E-state index in [0.717, 1.165) is 24.1 Å². The van der Waals surface area contributed by atoms with E-state index in [-0.39, 0.29) is 30.3 Å². The number of fused-ring (bicyclic) bond motifs is 1. The number of pyridine rings is 1. The van der Waals surface area contributed by atoms with Crippen molar-refractivity contribution in [1.82, 2.24) is 24.9 Å². The molecule has 188 valence electrons. The SMILES string of the molecule is CC1=CC(c2cnc3c(NCCC(F)(F)F)cc(Oc4cccnc4)nn23)CC=C1C(=O)NC1CC1. The molecular weight excluding hydrogens is 473 g/mol. The number of halogens is 3. The highest BCUT2D eigenvalue weighted by Crippen LogP contribution is 2.34. The van der Waals surface area contributed by atoms with Crippen molar-refractivity contribution in [3.05, 3.63) is 65.8 Å². The Balaban J connectivity index is 1.44. The summed E-state index contributed by atoms with van der Waals surface area (Å²) in [6.45, 7) is 1.57. The summed E-state index contributed by atoms with van der Waals surface area (Å²) >= 11 is 0. The molecule has 0 aliphatic heterocycles. The van der Waals surface area contributed by atoms with E-state index in [1.54, 1.807) is 29.0 Å². The summed E-state index contributed by atoms with van der Waals surface area (Å²) in [7, 11) is 0. The van der Waals surface area contributed by atoms with Gasteiger partial charge in [-0.3, -0.25) is 9.78 Å². The van der Waals surface area contributed by atoms with Gasteiger partial charge in [-0.2, -0.15) is 13.2 Å². The smallest absolute Gasteiger partial charge is 0.390 e. The Morgan fingerprint density at radius 1 is 1.28 bits per heavy atom. The number of nitrogens with one attached hydrogen (secondary N) is 2. The summed E-state index contributed by atoms with van der Waals surface area (Å²) in [5.41, 5.74) is 3.01. The summed E-state index contributed by atoms with van der Waals surface area (Å²) in [6.07, 6.45) is 6.00. The summed E-state index contributed by atoms with van der Waals surface area (Å²) in [5.74, 6) is 0.432. The minimum atomic E-state index is -4.29. The van der Waals surface area contributed by atoms with E-state index in [9.17, 15) is 18.0 Å². The third-order valence-corrected chi connectivity index (χ3v) is 6.04. The predicted octanol–water partition coefficient (Wildman–Crippen LogP) is 4.92. The van der Waals surface area contributed by atoms with Crippen LogP contribution in [0.1, 0.15) is 44.2 Å². The summed E-state index contributed by atoms with van der Waals surface area (Å²) in [5, 5.41) is 10.4. The lowest BCUT2D eigenvalue weighted by Crippen LogP contribution is -2.28. The zero-order chi connectivity index (χ0) is 25.3. The van der Waals surface area contributed by atoms with Crippen LogP contribution in [0.25, 0.3) is 5.65 Å². The van der Waals surface area contributed by atoms with Gasteiger partial charge in [-0.15, -0.1) is 5.10 Å². The first-order valence-corrected chi connectivity index (χ1v) is 11.7. The highest BCUT2D eigenvalue weighted by molar-refractivity contribution is 5.98. The van der Waals surface area contributed by atoms with Crippen molar-refractivity contribution >= 4 is 17.2 Å². The number of aromatic nitrogens is 4. The number of alkyl halides is 3. The number of carbonyl (C=O) groups is 1. The molecule has 0 spiro atoms. The van der Waals surface area contributed by atoms with E-state index in [0.29, 0.717) is 29.1 Å². The van der Waals surface area contributed by atoms with Crippen LogP contribution >= 0.6 is 0 Å². The van der Waals surface area contributed by atoms with Crippen LogP contribution in [0.3, 0.4) is 0 Å². The van der Waals surface area contributed by atoms with E-state index in [1.807, 2.05) is 19.1 Å². The van der Waals surface area contributed by atoms with Gasteiger partial charge in [-0.05, 0) is 43.9 Å². The van der Waals surface area contributed by atoms with Crippen molar-refractivity contribution in [3.63, 3.8) is 0 Å². The number of amides is 1. The lowest BCUT2D eigenvalue weighted by Gasteiger charge is -2.20. The van der Waals surface area contributed by atoms with Crippen LogP contribution in [0.4, 0.5) is 18.9 Å². The van der Waals surface area contributed by atoms with E-state index < -0.39 is 12.6 Å². The number of ether oxygens (including phenoxy) is 1. The molecular formula is C25H25F3N6O2. The fraction of sp³-hybridized carbons (Fsp3) is 0.360. The quantitative estimate of drug-likeness (QED) is 0.458. The Hall–Kier alpha value is -3.89. The van der Waals surface area contributed by atoms with Crippen molar-refractivity contribution in [2.75, 3.05) is 11.9 Å². The minimum Gasteiger partial charge on any atom is -0.436 e. The molecule has 1 saturated carbocycles. The molecule has 3 aromatic rings. The second kappa shape index (κ2) is 9.63. The zero-order valence-electron chi connectivity index (χ0n) is 19.5. The molecule has 0 saturated heterocycles. The highest BCUT2D eigenvalue weighted by atomic mass is 19.4. The Labute approximate surface area is 205 Å². The topological polar surface area (TPSA) is 93.4 Å². The van der Waals surface area contributed by atoms with Gasteiger partial charge in [-0.25, -0.2) is 9.50 Å². The van der Waals surface area contributed by atoms with Gasteiger partial charge >= 0.3 is 6.18 Å². The average molecular weight is 499 g/mol. The van der Waals surface area contributed by atoms with Gasteiger partial charge in [-0.1, -0.05) is 12.2 Å². The fourth-order valence-electron chi connectivity index (χ4n) is 4.10. The Morgan fingerprint density at radius 3 is 2.81 bits per heavy atom. The highest BCUT2D eigenvalue weighted by Gasteiger charge is 2.28. The maximum absolute atomic E-state index is 12.7. The maximum atomic E-state index is 12.7. The van der Waals surface area contributed by atoms with E-state index in [2.05, 4.69) is 25.7 Å². The Kier molecular flexibility index (Phi) is 6.38. The first-order chi connectivity index (χ1) is 17.3. The lowest BCUT2D eigenvalue weighted by atomic mass is 9.89. The summed E-state index contributed by atoms with van der Waals surface area (Å²) in [4.78, 5) is 21.0. The summed E-state index contributed by atoms with van der Waals surface area (Å²) < 4.78 is 45.6. The third kappa shape index (κ3) is 5.50. The number of hydrogen-bond acceptors (Lipinski definition) is 6. The van der Waals surface area contributed by atoms with Gasteiger partial charge in [0.25, 0.3) is 5.91 Å². The molecule has 2 N–H and O–H groups in total. The molecule has 0 bridgehead atoms. The molecule has 36 heavy (non-hydrogen) atoms. The van der Waals surface area contributed by atoms with Crippen LogP contribution in [0, 0.1) is 0 Å². The molecule has 1 unspecified atom stereocenters. The van der Waals surface area contributed by atoms with Crippen LogP contribution in [0.5, 0.6) is 11.6 Å².